The van der Waals surface area contributed by atoms with Gasteiger partial charge in [0.15, 0.2) is 8.67 Å². The van der Waals surface area contributed by atoms with Crippen LogP contribution >= 0.6 is 151 Å². The maximum absolute atomic E-state index is 7.00. The van der Waals surface area contributed by atoms with Gasteiger partial charge in [-0.15, -0.1) is 58.2 Å². The van der Waals surface area contributed by atoms with E-state index in [0.29, 0.717) is 0 Å². The zero-order valence-corrected chi connectivity index (χ0v) is 22.1. The first-order valence-electron chi connectivity index (χ1n) is 7.39. The van der Waals surface area contributed by atoms with E-state index in [2.05, 4.69) is 0 Å². The van der Waals surface area contributed by atoms with E-state index in [0.717, 1.165) is 0 Å². The molecule has 1 saturated heterocycles. The van der Waals surface area contributed by atoms with Crippen LogP contribution in [0.5, 0.6) is 0 Å². The Morgan fingerprint density at radius 3 is 1.04 bits per heavy atom. The summed E-state index contributed by atoms with van der Waals surface area (Å²) in [5.74, 6) is -1.13. The lowest BCUT2D eigenvalue weighted by atomic mass is 9.74. The molecule has 0 radical (unpaired) electrons. The predicted molar refractivity (Wildman–Crippen MR) is 123 cm³/mol. The molecule has 0 N–H and O–H groups in total. The summed E-state index contributed by atoms with van der Waals surface area (Å²) in [4.78, 5) is -5.95. The van der Waals surface area contributed by atoms with Crippen molar-refractivity contribution in [3.05, 3.63) is 20.1 Å². The summed E-state index contributed by atoms with van der Waals surface area (Å²) < 4.78 is -3.42. The van der Waals surface area contributed by atoms with Crippen molar-refractivity contribution in [2.24, 2.45) is 11.8 Å². The van der Waals surface area contributed by atoms with Crippen LogP contribution in [0.15, 0.2) is 20.1 Å². The molecule has 150 valence electrons. The molecule has 0 spiro atoms. The minimum Gasteiger partial charge on any atom is -0.150 e. The van der Waals surface area contributed by atoms with E-state index in [1.165, 1.54) is 11.8 Å². The van der Waals surface area contributed by atoms with Crippen molar-refractivity contribution in [3.8, 4) is 0 Å². The SMILES string of the molecule is ClC1=C(Cl)[C@@]2(Cl)[C@H]3S[C@H]4[C@H]([C@@H]3[C@@]1(Cl)C2(Cl)Cl)[C@]1(Cl)C(Cl)=C(Cl)[C@]4(Cl)C1(Cl)Cl. The highest BCUT2D eigenvalue weighted by Gasteiger charge is 2.93. The second-order valence-corrected chi connectivity index (χ2v) is 15.1. The van der Waals surface area contributed by atoms with Gasteiger partial charge in [-0.05, 0) is 0 Å². The molecule has 2 saturated carbocycles. The van der Waals surface area contributed by atoms with Crippen molar-refractivity contribution in [2.45, 2.75) is 38.7 Å². The molecule has 1 heterocycles. The van der Waals surface area contributed by atoms with E-state index in [-0.39, 0.29) is 20.1 Å². The fourth-order valence-electron chi connectivity index (χ4n) is 5.34. The van der Waals surface area contributed by atoms with E-state index in [1.807, 2.05) is 0 Å². The zero-order valence-electron chi connectivity index (χ0n) is 12.3. The van der Waals surface area contributed by atoms with E-state index in [9.17, 15) is 0 Å². The van der Waals surface area contributed by atoms with Crippen LogP contribution in [0.2, 0.25) is 0 Å². The van der Waals surface area contributed by atoms with E-state index in [4.69, 9.17) is 139 Å². The van der Waals surface area contributed by atoms with E-state index in [1.54, 1.807) is 0 Å². The number of fused-ring (bicyclic) bond motifs is 11. The first kappa shape index (κ1) is 22.1. The quantitative estimate of drug-likeness (QED) is 0.243. The van der Waals surface area contributed by atoms with Gasteiger partial charge in [-0.1, -0.05) is 92.8 Å². The zero-order chi connectivity index (χ0) is 20.3. The van der Waals surface area contributed by atoms with Gasteiger partial charge in [0.1, 0.15) is 19.5 Å². The summed E-state index contributed by atoms with van der Waals surface area (Å²) in [5, 5.41) is -0.588. The molecule has 5 aliphatic rings. The number of hydrogen-bond donors (Lipinski definition) is 0. The van der Waals surface area contributed by atoms with Gasteiger partial charge >= 0.3 is 0 Å². The lowest BCUT2D eigenvalue weighted by Gasteiger charge is -2.42. The van der Waals surface area contributed by atoms with Gasteiger partial charge in [0.25, 0.3) is 0 Å². The fraction of sp³-hybridized carbons (Fsp3) is 0.714. The number of halogens is 12. The molecule has 0 nitrogen and oxygen atoms in total. The predicted octanol–water partition coefficient (Wildman–Crippen LogP) is 8.39. The second kappa shape index (κ2) is 5.68. The van der Waals surface area contributed by atoms with Crippen molar-refractivity contribution >= 4 is 151 Å². The highest BCUT2D eigenvalue weighted by atomic mass is 35.5. The Hall–Kier alpha value is 3.31. The molecule has 5 rings (SSSR count). The van der Waals surface area contributed by atoms with Crippen LogP contribution in [-0.4, -0.2) is 38.7 Å². The van der Waals surface area contributed by atoms with Crippen LogP contribution in [-0.2, 0) is 0 Å². The van der Waals surface area contributed by atoms with E-state index >= 15 is 0 Å². The maximum atomic E-state index is 7.00. The topological polar surface area (TPSA) is 0 Å². The molecule has 4 aliphatic carbocycles. The van der Waals surface area contributed by atoms with Crippen LogP contribution in [0, 0.1) is 11.8 Å². The molecule has 3 fully saturated rings. The van der Waals surface area contributed by atoms with Gasteiger partial charge in [-0.2, -0.15) is 0 Å². The average Bonchev–Trinajstić information content (AvgIpc) is 3.16. The third-order valence-electron chi connectivity index (χ3n) is 6.53. The van der Waals surface area contributed by atoms with Gasteiger partial charge < -0.3 is 0 Å². The third kappa shape index (κ3) is 1.76. The standard InChI is InChI=1S/C14H4Cl12S/c15-3-5(17)11(21)7-1(9(3,19)13(11,23)24)2-8(27-7)12(22)6(18)4(16)10(2,20)14(12,25)26/h1-2,7-8H/t1-,2-,7-,8-,9-,10-,11+,12+/m0/s1. The fourth-order valence-corrected chi connectivity index (χ4v) is 14.4. The summed E-state index contributed by atoms with van der Waals surface area (Å²) >= 11 is 81.7. The smallest absolute Gasteiger partial charge is 0.150 e. The Kier molecular flexibility index (Phi) is 4.65. The molecule has 0 amide bonds. The van der Waals surface area contributed by atoms with E-state index < -0.39 is 50.5 Å². The molecule has 0 aromatic heterocycles. The Morgan fingerprint density at radius 1 is 0.481 bits per heavy atom. The van der Waals surface area contributed by atoms with Crippen molar-refractivity contribution in [3.63, 3.8) is 0 Å². The Labute approximate surface area is 219 Å². The molecular weight excluding hydrogens is 626 g/mol. The number of thioether (sulfide) groups is 1. The normalized spacial score (nSPS) is 59.1. The second-order valence-electron chi connectivity index (χ2n) is 7.28. The largest absolute Gasteiger partial charge is 0.167 e. The average molecular weight is 630 g/mol. The van der Waals surface area contributed by atoms with Crippen LogP contribution in [0.1, 0.15) is 0 Å². The van der Waals surface area contributed by atoms with Gasteiger partial charge in [0, 0.05) is 22.3 Å². The van der Waals surface area contributed by atoms with Gasteiger partial charge in [0.2, 0.25) is 0 Å². The summed E-state index contributed by atoms with van der Waals surface area (Å²) in [5.41, 5.74) is 0. The van der Waals surface area contributed by atoms with Crippen LogP contribution < -0.4 is 0 Å². The maximum Gasteiger partial charge on any atom is 0.167 e. The minimum atomic E-state index is -1.71. The summed E-state index contributed by atoms with van der Waals surface area (Å²) in [6.45, 7) is 0. The van der Waals surface area contributed by atoms with Gasteiger partial charge in [-0.25, -0.2) is 0 Å². The number of rotatable bonds is 0. The Bertz CT molecular complexity index is 811. The molecule has 8 atom stereocenters. The number of allylic oxidation sites excluding steroid dienone is 4. The molecule has 1 aliphatic heterocycles. The third-order valence-corrected chi connectivity index (χ3v) is 17.2. The number of hydrogen-bond acceptors (Lipinski definition) is 1. The lowest BCUT2D eigenvalue weighted by molar-refractivity contribution is 0.301. The van der Waals surface area contributed by atoms with Crippen molar-refractivity contribution in [2.75, 3.05) is 0 Å². The summed E-state index contributed by atoms with van der Waals surface area (Å²) in [7, 11) is 0. The van der Waals surface area contributed by atoms with Crippen LogP contribution in [0.25, 0.3) is 0 Å². The highest BCUT2D eigenvalue weighted by Crippen LogP contribution is 2.87. The van der Waals surface area contributed by atoms with Crippen molar-refractivity contribution < 1.29 is 0 Å². The molecule has 4 bridgehead atoms. The van der Waals surface area contributed by atoms with Crippen LogP contribution in [0.3, 0.4) is 0 Å². The first-order chi connectivity index (χ1) is 12.1. The molecule has 0 aromatic rings. The van der Waals surface area contributed by atoms with Crippen LogP contribution in [0.4, 0.5) is 0 Å². The number of alkyl halides is 8. The van der Waals surface area contributed by atoms with Crippen molar-refractivity contribution in [1.29, 1.82) is 0 Å². The Morgan fingerprint density at radius 2 is 0.741 bits per heavy atom. The molecule has 27 heavy (non-hydrogen) atoms. The highest BCUT2D eigenvalue weighted by molar-refractivity contribution is 8.01. The summed E-state index contributed by atoms with van der Waals surface area (Å²) in [6, 6.07) is 0. The summed E-state index contributed by atoms with van der Waals surface area (Å²) in [6.07, 6.45) is 0. The van der Waals surface area contributed by atoms with Gasteiger partial charge in [0.05, 0.1) is 20.1 Å². The van der Waals surface area contributed by atoms with Crippen molar-refractivity contribution in [1.82, 2.24) is 0 Å². The molecule has 13 heteroatoms. The molecule has 0 unspecified atom stereocenters. The Balaban J connectivity index is 1.80. The first-order valence-corrected chi connectivity index (χ1v) is 12.9. The molecular formula is C14H4Cl12S. The lowest BCUT2D eigenvalue weighted by Crippen LogP contribution is -2.51. The van der Waals surface area contributed by atoms with Gasteiger partial charge in [-0.3, -0.25) is 0 Å². The minimum absolute atomic E-state index is 0.0703. The molecule has 0 aromatic carbocycles. The monoisotopic (exact) mass is 624 g/mol.